The summed E-state index contributed by atoms with van der Waals surface area (Å²) < 4.78 is 10.8. The molecule has 168 valence electrons. The Hall–Kier alpha value is -0.610. The Morgan fingerprint density at radius 2 is 1.18 bits per heavy atom. The van der Waals surface area contributed by atoms with Gasteiger partial charge in [0, 0.05) is 13.0 Å². The van der Waals surface area contributed by atoms with E-state index in [4.69, 9.17) is 9.47 Å². The lowest BCUT2D eigenvalue weighted by Crippen LogP contribution is -2.27. The number of esters is 1. The van der Waals surface area contributed by atoms with Crippen LogP contribution in [0.1, 0.15) is 123 Å². The zero-order valence-corrected chi connectivity index (χ0v) is 18.9. The first-order valence-electron chi connectivity index (χ1n) is 12.1. The molecule has 0 amide bonds. The van der Waals surface area contributed by atoms with Gasteiger partial charge in [-0.15, -0.1) is 0 Å². The van der Waals surface area contributed by atoms with Crippen molar-refractivity contribution in [1.82, 2.24) is 0 Å². The maximum absolute atomic E-state index is 11.6. The average molecular weight is 401 g/mol. The van der Waals surface area contributed by atoms with Gasteiger partial charge in [0.2, 0.25) is 0 Å². The first kappa shape index (κ1) is 27.4. The summed E-state index contributed by atoms with van der Waals surface area (Å²) in [6.45, 7) is 5.12. The normalized spacial score (nSPS) is 12.2. The minimum absolute atomic E-state index is 0.170. The van der Waals surface area contributed by atoms with Crippen LogP contribution >= 0.6 is 0 Å². The molecule has 0 aromatic heterocycles. The summed E-state index contributed by atoms with van der Waals surface area (Å²) in [5.74, 6) is -0.235. The Morgan fingerprint density at radius 1 is 0.714 bits per heavy atom. The SMILES string of the molecule is CCCCCCCCCCCCCCCCOCC(CO)OC(=O)CCCC. The third-order valence-corrected chi connectivity index (χ3v) is 5.18. The molecule has 0 spiro atoms. The Labute approximate surface area is 174 Å². The van der Waals surface area contributed by atoms with Gasteiger partial charge in [-0.3, -0.25) is 4.79 Å². The number of aliphatic hydroxyl groups is 1. The number of ether oxygens (including phenoxy) is 2. The average Bonchev–Trinajstić information content (AvgIpc) is 2.70. The highest BCUT2D eigenvalue weighted by molar-refractivity contribution is 5.69. The first-order chi connectivity index (χ1) is 13.7. The van der Waals surface area contributed by atoms with Crippen molar-refractivity contribution in [3.63, 3.8) is 0 Å². The Morgan fingerprint density at radius 3 is 1.64 bits per heavy atom. The van der Waals surface area contributed by atoms with Gasteiger partial charge in [0.1, 0.15) is 6.10 Å². The molecular weight excluding hydrogens is 352 g/mol. The molecule has 1 atom stereocenters. The Balaban J connectivity index is 3.28. The zero-order chi connectivity index (χ0) is 20.7. The second-order valence-corrected chi connectivity index (χ2v) is 8.07. The first-order valence-corrected chi connectivity index (χ1v) is 12.1. The van der Waals surface area contributed by atoms with E-state index in [1.807, 2.05) is 6.92 Å². The molecule has 0 heterocycles. The second-order valence-electron chi connectivity index (χ2n) is 8.07. The number of hydrogen-bond donors (Lipinski definition) is 1. The highest BCUT2D eigenvalue weighted by Crippen LogP contribution is 2.13. The van der Waals surface area contributed by atoms with Crippen molar-refractivity contribution >= 4 is 5.97 Å². The van der Waals surface area contributed by atoms with Gasteiger partial charge >= 0.3 is 5.97 Å². The van der Waals surface area contributed by atoms with Crippen LogP contribution in [-0.4, -0.2) is 37.0 Å². The summed E-state index contributed by atoms with van der Waals surface area (Å²) >= 11 is 0. The number of hydrogen-bond acceptors (Lipinski definition) is 4. The third kappa shape index (κ3) is 20.1. The zero-order valence-electron chi connectivity index (χ0n) is 18.9. The van der Waals surface area contributed by atoms with Gasteiger partial charge in [-0.2, -0.15) is 0 Å². The highest BCUT2D eigenvalue weighted by Gasteiger charge is 2.13. The number of unbranched alkanes of at least 4 members (excludes halogenated alkanes) is 14. The molecule has 1 unspecified atom stereocenters. The monoisotopic (exact) mass is 400 g/mol. The molecule has 0 fully saturated rings. The van der Waals surface area contributed by atoms with Crippen molar-refractivity contribution in [3.05, 3.63) is 0 Å². The van der Waals surface area contributed by atoms with Crippen LogP contribution in [0.5, 0.6) is 0 Å². The van der Waals surface area contributed by atoms with Gasteiger partial charge in [-0.1, -0.05) is 104 Å². The van der Waals surface area contributed by atoms with Gasteiger partial charge in [-0.05, 0) is 12.8 Å². The van der Waals surface area contributed by atoms with Gasteiger partial charge in [0.15, 0.2) is 0 Å². The fourth-order valence-corrected chi connectivity index (χ4v) is 3.30. The van der Waals surface area contributed by atoms with Crippen LogP contribution in [0.3, 0.4) is 0 Å². The maximum atomic E-state index is 11.6. The fourth-order valence-electron chi connectivity index (χ4n) is 3.30. The summed E-state index contributed by atoms with van der Waals surface area (Å²) in [5, 5.41) is 9.27. The molecule has 0 aliphatic carbocycles. The summed E-state index contributed by atoms with van der Waals surface area (Å²) in [4.78, 5) is 11.6. The minimum Gasteiger partial charge on any atom is -0.457 e. The summed E-state index contributed by atoms with van der Waals surface area (Å²) in [6, 6.07) is 0. The summed E-state index contributed by atoms with van der Waals surface area (Å²) in [5.41, 5.74) is 0. The fraction of sp³-hybridized carbons (Fsp3) is 0.958. The molecule has 0 rings (SSSR count). The summed E-state index contributed by atoms with van der Waals surface area (Å²) in [7, 11) is 0. The van der Waals surface area contributed by atoms with E-state index in [9.17, 15) is 9.90 Å². The maximum Gasteiger partial charge on any atom is 0.306 e. The van der Waals surface area contributed by atoms with Crippen LogP contribution in [0.25, 0.3) is 0 Å². The number of carbonyl (C=O) groups excluding carboxylic acids is 1. The van der Waals surface area contributed by atoms with E-state index in [1.165, 1.54) is 83.5 Å². The lowest BCUT2D eigenvalue weighted by molar-refractivity contribution is -0.154. The van der Waals surface area contributed by atoms with E-state index < -0.39 is 6.10 Å². The Kier molecular flexibility index (Phi) is 22.2. The van der Waals surface area contributed by atoms with E-state index in [2.05, 4.69) is 6.92 Å². The van der Waals surface area contributed by atoms with Gasteiger partial charge in [-0.25, -0.2) is 0 Å². The minimum atomic E-state index is -0.518. The number of aliphatic hydroxyl groups excluding tert-OH is 1. The molecule has 0 bridgehead atoms. The third-order valence-electron chi connectivity index (χ3n) is 5.18. The molecule has 0 saturated carbocycles. The van der Waals surface area contributed by atoms with Gasteiger partial charge in [0.05, 0.1) is 13.2 Å². The molecule has 0 aromatic carbocycles. The molecule has 0 aromatic rings. The van der Waals surface area contributed by atoms with Crippen molar-refractivity contribution in [2.24, 2.45) is 0 Å². The molecule has 4 heteroatoms. The molecule has 0 aliphatic heterocycles. The molecule has 28 heavy (non-hydrogen) atoms. The van der Waals surface area contributed by atoms with E-state index in [0.29, 0.717) is 19.6 Å². The van der Waals surface area contributed by atoms with Crippen LogP contribution in [0, 0.1) is 0 Å². The largest absolute Gasteiger partial charge is 0.457 e. The molecule has 0 saturated heterocycles. The van der Waals surface area contributed by atoms with Crippen molar-refractivity contribution in [2.45, 2.75) is 129 Å². The molecule has 0 radical (unpaired) electrons. The van der Waals surface area contributed by atoms with Crippen LogP contribution in [-0.2, 0) is 14.3 Å². The standard InChI is InChI=1S/C24H48O4/c1-3-5-7-8-9-10-11-12-13-14-15-16-17-18-20-27-22-23(21-25)28-24(26)19-6-4-2/h23,25H,3-22H2,1-2H3. The molecular formula is C24H48O4. The number of rotatable bonds is 22. The van der Waals surface area contributed by atoms with Crippen LogP contribution in [0.2, 0.25) is 0 Å². The second kappa shape index (κ2) is 22.7. The van der Waals surface area contributed by atoms with E-state index in [-0.39, 0.29) is 12.6 Å². The van der Waals surface area contributed by atoms with Crippen LogP contribution in [0.15, 0.2) is 0 Å². The Bertz CT molecular complexity index is 320. The van der Waals surface area contributed by atoms with E-state index in [0.717, 1.165) is 19.3 Å². The van der Waals surface area contributed by atoms with Crippen molar-refractivity contribution < 1.29 is 19.4 Å². The number of carbonyl (C=O) groups is 1. The predicted octanol–water partition coefficient (Wildman–Crippen LogP) is 6.58. The van der Waals surface area contributed by atoms with Crippen LogP contribution in [0.4, 0.5) is 0 Å². The lowest BCUT2D eigenvalue weighted by atomic mass is 10.0. The van der Waals surface area contributed by atoms with Crippen LogP contribution < -0.4 is 0 Å². The highest BCUT2D eigenvalue weighted by atomic mass is 16.6. The summed E-state index contributed by atoms with van der Waals surface area (Å²) in [6.07, 6.45) is 20.5. The molecule has 0 aliphatic rings. The van der Waals surface area contributed by atoms with E-state index in [1.54, 1.807) is 0 Å². The van der Waals surface area contributed by atoms with E-state index >= 15 is 0 Å². The molecule has 4 nitrogen and oxygen atoms in total. The van der Waals surface area contributed by atoms with Gasteiger partial charge < -0.3 is 14.6 Å². The molecule has 1 N–H and O–H groups in total. The van der Waals surface area contributed by atoms with Gasteiger partial charge in [0.25, 0.3) is 0 Å². The van der Waals surface area contributed by atoms with Crippen molar-refractivity contribution in [3.8, 4) is 0 Å². The van der Waals surface area contributed by atoms with Crippen molar-refractivity contribution in [1.29, 1.82) is 0 Å². The lowest BCUT2D eigenvalue weighted by Gasteiger charge is -2.15. The van der Waals surface area contributed by atoms with Crippen molar-refractivity contribution in [2.75, 3.05) is 19.8 Å². The smallest absolute Gasteiger partial charge is 0.306 e. The quantitative estimate of drug-likeness (QED) is 0.165. The predicted molar refractivity (Wildman–Crippen MR) is 118 cm³/mol. The topological polar surface area (TPSA) is 55.8 Å².